The van der Waals surface area contributed by atoms with E-state index in [0.29, 0.717) is 5.52 Å². The van der Waals surface area contributed by atoms with Gasteiger partial charge in [-0.25, -0.2) is 9.97 Å². The van der Waals surface area contributed by atoms with Crippen molar-refractivity contribution in [2.24, 2.45) is 0 Å². The Morgan fingerprint density at radius 2 is 1.80 bits per heavy atom. The summed E-state index contributed by atoms with van der Waals surface area (Å²) < 4.78 is 40.3. The van der Waals surface area contributed by atoms with E-state index in [1.807, 2.05) is 0 Å². The number of alkyl halides is 3. The molecule has 0 saturated heterocycles. The third kappa shape index (κ3) is 1.97. The van der Waals surface area contributed by atoms with Crippen LogP contribution in [0.3, 0.4) is 0 Å². The van der Waals surface area contributed by atoms with Gasteiger partial charge in [0.2, 0.25) is 5.82 Å². The van der Waals surface area contributed by atoms with Crippen LogP contribution >= 0.6 is 0 Å². The van der Waals surface area contributed by atoms with Gasteiger partial charge in [0.25, 0.3) is 0 Å². The van der Waals surface area contributed by atoms with Gasteiger partial charge in [0.05, 0.1) is 11.0 Å². The first-order valence-electron chi connectivity index (χ1n) is 5.69. The zero-order valence-electron chi connectivity index (χ0n) is 10.0. The Bertz CT molecular complexity index is 759. The molecule has 102 valence electrons. The molecule has 2 heterocycles. The monoisotopic (exact) mass is 277 g/mol. The van der Waals surface area contributed by atoms with Crippen LogP contribution in [-0.2, 0) is 6.18 Å². The van der Waals surface area contributed by atoms with Crippen LogP contribution in [0.15, 0.2) is 42.6 Å². The van der Waals surface area contributed by atoms with Crippen LogP contribution in [0.25, 0.3) is 22.6 Å². The summed E-state index contributed by atoms with van der Waals surface area (Å²) in [6.07, 6.45) is -3.38. The zero-order chi connectivity index (χ0) is 14.3. The molecule has 4 nitrogen and oxygen atoms in total. The second-order valence-electron chi connectivity index (χ2n) is 4.16. The van der Waals surface area contributed by atoms with Gasteiger partial charge < -0.3 is 5.73 Å². The normalized spacial score (nSPS) is 11.9. The van der Waals surface area contributed by atoms with Crippen LogP contribution in [-0.4, -0.2) is 14.5 Å². The molecule has 0 spiro atoms. The summed E-state index contributed by atoms with van der Waals surface area (Å²) in [5, 5.41) is 0. The van der Waals surface area contributed by atoms with Gasteiger partial charge in [-0.3, -0.25) is 4.57 Å². The molecule has 3 aromatic rings. The average Bonchev–Trinajstić information content (AvgIpc) is 2.79. The van der Waals surface area contributed by atoms with Crippen molar-refractivity contribution in [2.75, 3.05) is 0 Å². The summed E-state index contributed by atoms with van der Waals surface area (Å²) in [6, 6.07) is 9.08. The predicted molar refractivity (Wildman–Crippen MR) is 67.8 cm³/mol. The number of halogens is 3. The fourth-order valence-corrected chi connectivity index (χ4v) is 1.97. The van der Waals surface area contributed by atoms with Gasteiger partial charge in [-0.15, -0.1) is 5.69 Å². The SMILES string of the molecule is [NH-]c1ccc(-n2c(C(F)(F)F)nc3ccccc32)nc1. The van der Waals surface area contributed by atoms with Gasteiger partial charge in [0, 0.05) is 6.20 Å². The van der Waals surface area contributed by atoms with E-state index in [1.165, 1.54) is 24.4 Å². The van der Waals surface area contributed by atoms with E-state index in [1.54, 1.807) is 18.2 Å². The van der Waals surface area contributed by atoms with E-state index >= 15 is 0 Å². The molecule has 0 saturated carbocycles. The molecule has 0 amide bonds. The molecule has 0 atom stereocenters. The van der Waals surface area contributed by atoms with Gasteiger partial charge in [0.1, 0.15) is 5.82 Å². The summed E-state index contributed by atoms with van der Waals surface area (Å²) in [7, 11) is 0. The van der Waals surface area contributed by atoms with Crippen LogP contribution in [0, 0.1) is 0 Å². The number of para-hydroxylation sites is 2. The number of imidazole rings is 1. The largest absolute Gasteiger partial charge is 0.697 e. The van der Waals surface area contributed by atoms with Crippen molar-refractivity contribution in [1.29, 1.82) is 0 Å². The summed E-state index contributed by atoms with van der Waals surface area (Å²) in [4.78, 5) is 7.51. The third-order valence-electron chi connectivity index (χ3n) is 2.79. The first kappa shape index (κ1) is 12.5. The molecule has 0 fully saturated rings. The van der Waals surface area contributed by atoms with Gasteiger partial charge in [-0.05, 0) is 18.2 Å². The van der Waals surface area contributed by atoms with Gasteiger partial charge in [-0.2, -0.15) is 13.2 Å². The topological polar surface area (TPSA) is 54.5 Å². The van der Waals surface area contributed by atoms with Crippen LogP contribution in [0.2, 0.25) is 0 Å². The number of nitrogens with zero attached hydrogens (tertiary/aromatic N) is 3. The maximum Gasteiger partial charge on any atom is 0.450 e. The molecule has 0 aliphatic rings. The fourth-order valence-electron chi connectivity index (χ4n) is 1.97. The van der Waals surface area contributed by atoms with E-state index in [-0.39, 0.29) is 17.0 Å². The smallest absolute Gasteiger partial charge is 0.450 e. The summed E-state index contributed by atoms with van der Waals surface area (Å²) in [6.45, 7) is 0. The highest BCUT2D eigenvalue weighted by Gasteiger charge is 2.38. The van der Waals surface area contributed by atoms with E-state index in [4.69, 9.17) is 5.73 Å². The van der Waals surface area contributed by atoms with Crippen molar-refractivity contribution >= 4 is 16.7 Å². The molecule has 0 aliphatic carbocycles. The van der Waals surface area contributed by atoms with Crippen molar-refractivity contribution in [3.63, 3.8) is 0 Å². The molecule has 1 N–H and O–H groups in total. The second-order valence-corrected chi connectivity index (χ2v) is 4.16. The third-order valence-corrected chi connectivity index (χ3v) is 2.79. The quantitative estimate of drug-likeness (QED) is 0.671. The van der Waals surface area contributed by atoms with Crippen molar-refractivity contribution in [3.05, 3.63) is 54.2 Å². The minimum absolute atomic E-state index is 0.0852. The van der Waals surface area contributed by atoms with Crippen molar-refractivity contribution in [1.82, 2.24) is 14.5 Å². The standard InChI is InChI=1S/C13H8F3N4/c14-13(15,16)12-19-9-3-1-2-4-10(9)20(12)11-6-5-8(17)7-18-11/h1-7,17H/q-1. The molecule has 3 rings (SSSR count). The zero-order valence-corrected chi connectivity index (χ0v) is 10.0. The lowest BCUT2D eigenvalue weighted by Crippen LogP contribution is -2.14. The number of fused-ring (bicyclic) bond motifs is 1. The minimum atomic E-state index is -4.58. The number of rotatable bonds is 1. The number of hydrogen-bond donors (Lipinski definition) is 0. The maximum absolute atomic E-state index is 13.1. The highest BCUT2D eigenvalue weighted by molar-refractivity contribution is 5.78. The van der Waals surface area contributed by atoms with E-state index < -0.39 is 12.0 Å². The lowest BCUT2D eigenvalue weighted by molar-refractivity contribution is -0.145. The van der Waals surface area contributed by atoms with Crippen molar-refractivity contribution in [3.8, 4) is 5.82 Å². The van der Waals surface area contributed by atoms with Gasteiger partial charge in [-0.1, -0.05) is 18.2 Å². The van der Waals surface area contributed by atoms with Crippen molar-refractivity contribution in [2.45, 2.75) is 6.18 Å². The summed E-state index contributed by atoms with van der Waals surface area (Å²) in [5.74, 6) is -0.939. The summed E-state index contributed by atoms with van der Waals surface area (Å²) >= 11 is 0. The fraction of sp³-hybridized carbons (Fsp3) is 0.0769. The maximum atomic E-state index is 13.1. The lowest BCUT2D eigenvalue weighted by atomic mass is 10.3. The molecular weight excluding hydrogens is 269 g/mol. The Hall–Kier alpha value is -2.57. The first-order chi connectivity index (χ1) is 9.47. The molecule has 1 aromatic carbocycles. The average molecular weight is 277 g/mol. The molecule has 0 aliphatic heterocycles. The number of benzene rings is 1. The molecular formula is C13H8F3N4-. The van der Waals surface area contributed by atoms with Gasteiger partial charge in [0.15, 0.2) is 0 Å². The first-order valence-corrected chi connectivity index (χ1v) is 5.69. The van der Waals surface area contributed by atoms with Crippen LogP contribution in [0.4, 0.5) is 18.9 Å². The number of pyridine rings is 1. The Kier molecular flexibility index (Phi) is 2.63. The highest BCUT2D eigenvalue weighted by atomic mass is 19.4. The molecule has 7 heteroatoms. The molecule has 0 bridgehead atoms. The van der Waals surface area contributed by atoms with Crippen LogP contribution in [0.1, 0.15) is 5.82 Å². The van der Waals surface area contributed by atoms with Crippen LogP contribution < -0.4 is 0 Å². The molecule has 0 unspecified atom stereocenters. The van der Waals surface area contributed by atoms with E-state index in [9.17, 15) is 13.2 Å². The molecule has 20 heavy (non-hydrogen) atoms. The van der Waals surface area contributed by atoms with E-state index in [2.05, 4.69) is 9.97 Å². The lowest BCUT2D eigenvalue weighted by Gasteiger charge is -2.11. The number of hydrogen-bond acceptors (Lipinski definition) is 2. The Balaban J connectivity index is 2.34. The Morgan fingerprint density at radius 1 is 1.05 bits per heavy atom. The van der Waals surface area contributed by atoms with E-state index in [0.717, 1.165) is 4.57 Å². The summed E-state index contributed by atoms with van der Waals surface area (Å²) in [5.41, 5.74) is 8.05. The Labute approximate surface area is 111 Å². The second kappa shape index (κ2) is 4.22. The van der Waals surface area contributed by atoms with Crippen molar-refractivity contribution < 1.29 is 13.2 Å². The predicted octanol–water partition coefficient (Wildman–Crippen LogP) is 4.12. The van der Waals surface area contributed by atoms with Crippen LogP contribution in [0.5, 0.6) is 0 Å². The Morgan fingerprint density at radius 3 is 2.45 bits per heavy atom. The molecule has 0 radical (unpaired) electrons. The number of nitrogens with one attached hydrogen (secondary N) is 1. The highest BCUT2D eigenvalue weighted by Crippen LogP contribution is 2.33. The molecule has 2 aromatic heterocycles. The van der Waals surface area contributed by atoms with Gasteiger partial charge >= 0.3 is 6.18 Å². The minimum Gasteiger partial charge on any atom is -0.697 e. The number of aromatic nitrogens is 3.